The first kappa shape index (κ1) is 24.0. The summed E-state index contributed by atoms with van der Waals surface area (Å²) in [6.45, 7) is 1.06. The average Bonchev–Trinajstić information content (AvgIpc) is 3.38. The van der Waals surface area contributed by atoms with Crippen LogP contribution in [0.2, 0.25) is 0 Å². The minimum Gasteiger partial charge on any atom is -0.496 e. The first-order valence-corrected chi connectivity index (χ1v) is 13.3. The van der Waals surface area contributed by atoms with Crippen molar-refractivity contribution in [1.82, 2.24) is 9.97 Å². The van der Waals surface area contributed by atoms with E-state index in [0.29, 0.717) is 57.7 Å². The van der Waals surface area contributed by atoms with Crippen molar-refractivity contribution < 1.29 is 22.8 Å². The smallest absolute Gasteiger partial charge is 0.146 e. The number of hydrogen-bond acceptors (Lipinski definition) is 8. The number of benzene rings is 3. The molecular weight excluding hydrogens is 483 g/mol. The van der Waals surface area contributed by atoms with Crippen molar-refractivity contribution in [2.45, 2.75) is 17.4 Å². The Labute approximate surface area is 208 Å². The molecule has 8 nitrogen and oxygen atoms in total. The maximum Gasteiger partial charge on any atom is 0.146 e. The Morgan fingerprint density at radius 1 is 1.11 bits per heavy atom. The molecule has 4 aromatic rings. The standard InChI is InChI=1S/C26H25FN4O4S/c1-33-24-14-18(31-36(2,32)20-6-4-3-5-7-20)13-22-25(24)26(29-16-28-22)30-21-9-8-17(27)12-23(21)35-19-10-11-34-15-19/h3-9,12-14,16,19H,10-11,15H2,1-2H3,(H,28,29,30). The number of methoxy groups -OCH3 is 1. The van der Waals surface area contributed by atoms with E-state index in [1.165, 1.54) is 25.6 Å². The van der Waals surface area contributed by atoms with Crippen LogP contribution in [0.3, 0.4) is 0 Å². The van der Waals surface area contributed by atoms with Gasteiger partial charge in [-0.1, -0.05) is 18.2 Å². The number of fused-ring (bicyclic) bond motifs is 1. The maximum atomic E-state index is 14.0. The number of aromatic nitrogens is 2. The van der Waals surface area contributed by atoms with Crippen molar-refractivity contribution in [3.8, 4) is 11.5 Å². The second-order valence-electron chi connectivity index (χ2n) is 8.34. The molecule has 0 bridgehead atoms. The summed E-state index contributed by atoms with van der Waals surface area (Å²) in [5, 5.41) is 3.83. The van der Waals surface area contributed by atoms with E-state index in [2.05, 4.69) is 19.6 Å². The highest BCUT2D eigenvalue weighted by Gasteiger charge is 2.20. The predicted octanol–water partition coefficient (Wildman–Crippen LogP) is 5.48. The van der Waals surface area contributed by atoms with Gasteiger partial charge in [0.05, 0.1) is 52.3 Å². The number of halogens is 1. The third-order valence-electron chi connectivity index (χ3n) is 5.74. The minimum atomic E-state index is -2.69. The Hall–Kier alpha value is -3.76. The summed E-state index contributed by atoms with van der Waals surface area (Å²) in [4.78, 5) is 9.41. The zero-order valence-corrected chi connectivity index (χ0v) is 20.6. The molecule has 1 saturated heterocycles. The van der Waals surface area contributed by atoms with Gasteiger partial charge in [0.15, 0.2) is 0 Å². The molecule has 0 spiro atoms. The summed E-state index contributed by atoms with van der Waals surface area (Å²) in [6, 6.07) is 16.8. The van der Waals surface area contributed by atoms with Crippen LogP contribution in [0.5, 0.6) is 11.5 Å². The lowest BCUT2D eigenvalue weighted by Crippen LogP contribution is -2.16. The van der Waals surface area contributed by atoms with Crippen LogP contribution in [0.15, 0.2) is 76.2 Å². The van der Waals surface area contributed by atoms with Crippen LogP contribution in [-0.4, -0.2) is 46.9 Å². The lowest BCUT2D eigenvalue weighted by Gasteiger charge is -2.18. The molecule has 1 aliphatic heterocycles. The van der Waals surface area contributed by atoms with E-state index in [0.717, 1.165) is 6.42 Å². The van der Waals surface area contributed by atoms with Gasteiger partial charge in [-0.15, -0.1) is 0 Å². The van der Waals surface area contributed by atoms with Crippen molar-refractivity contribution in [2.24, 2.45) is 4.36 Å². The van der Waals surface area contributed by atoms with E-state index >= 15 is 0 Å². The second kappa shape index (κ2) is 10.1. The average molecular weight is 509 g/mol. The molecule has 0 aliphatic carbocycles. The number of nitrogens with one attached hydrogen (secondary N) is 1. The Bertz CT molecular complexity index is 1520. The van der Waals surface area contributed by atoms with Crippen LogP contribution >= 0.6 is 0 Å². The predicted molar refractivity (Wildman–Crippen MR) is 136 cm³/mol. The van der Waals surface area contributed by atoms with E-state index in [1.807, 2.05) is 18.2 Å². The van der Waals surface area contributed by atoms with Gasteiger partial charge in [-0.25, -0.2) is 18.6 Å². The number of anilines is 2. The van der Waals surface area contributed by atoms with E-state index in [4.69, 9.17) is 14.2 Å². The highest BCUT2D eigenvalue weighted by molar-refractivity contribution is 7.93. The van der Waals surface area contributed by atoms with Gasteiger partial charge in [0, 0.05) is 29.7 Å². The highest BCUT2D eigenvalue weighted by atomic mass is 32.2. The summed E-state index contributed by atoms with van der Waals surface area (Å²) in [5.41, 5.74) is 1.55. The number of nitrogens with zero attached hydrogens (tertiary/aromatic N) is 3. The Morgan fingerprint density at radius 2 is 1.94 bits per heavy atom. The van der Waals surface area contributed by atoms with Crippen molar-refractivity contribution in [2.75, 3.05) is 31.9 Å². The molecule has 1 aromatic heterocycles. The van der Waals surface area contributed by atoms with Gasteiger partial charge in [-0.3, -0.25) is 0 Å². The molecule has 1 N–H and O–H groups in total. The minimum absolute atomic E-state index is 0.151. The van der Waals surface area contributed by atoms with Gasteiger partial charge in [0.2, 0.25) is 0 Å². The third-order valence-corrected chi connectivity index (χ3v) is 7.45. The Balaban J connectivity index is 1.55. The van der Waals surface area contributed by atoms with Gasteiger partial charge in [-0.05, 0) is 30.3 Å². The normalized spacial score (nSPS) is 16.9. The number of hydrogen-bond donors (Lipinski definition) is 1. The lowest BCUT2D eigenvalue weighted by molar-refractivity contribution is 0.141. The molecular formula is C26H25FN4O4S. The fraction of sp³-hybridized carbons (Fsp3) is 0.231. The lowest BCUT2D eigenvalue weighted by atomic mass is 10.2. The zero-order valence-electron chi connectivity index (χ0n) is 19.8. The molecule has 5 rings (SSSR count). The third kappa shape index (κ3) is 5.09. The topological polar surface area (TPSA) is 94.9 Å². The van der Waals surface area contributed by atoms with Gasteiger partial charge in [0.1, 0.15) is 35.6 Å². The van der Waals surface area contributed by atoms with Crippen molar-refractivity contribution in [3.63, 3.8) is 0 Å². The number of rotatable bonds is 7. The SMILES string of the molecule is COc1cc(N=S(C)(=O)c2ccccc2)cc2ncnc(Nc3ccc(F)cc3OC3CCOC3)c12. The number of ether oxygens (including phenoxy) is 3. The monoisotopic (exact) mass is 508 g/mol. The maximum absolute atomic E-state index is 14.0. The van der Waals surface area contributed by atoms with Crippen LogP contribution in [0, 0.1) is 5.82 Å². The molecule has 3 aromatic carbocycles. The summed E-state index contributed by atoms with van der Waals surface area (Å²) in [7, 11) is -1.16. The van der Waals surface area contributed by atoms with Crippen LogP contribution < -0.4 is 14.8 Å². The summed E-state index contributed by atoms with van der Waals surface area (Å²) >= 11 is 0. The van der Waals surface area contributed by atoms with E-state index < -0.39 is 15.5 Å². The van der Waals surface area contributed by atoms with Gasteiger partial charge >= 0.3 is 0 Å². The first-order valence-electron chi connectivity index (χ1n) is 11.3. The summed E-state index contributed by atoms with van der Waals surface area (Å²) in [5.74, 6) is 0.845. The van der Waals surface area contributed by atoms with E-state index in [9.17, 15) is 8.60 Å². The summed E-state index contributed by atoms with van der Waals surface area (Å²) in [6.07, 6.45) is 3.58. The molecule has 1 aliphatic rings. The molecule has 0 radical (unpaired) electrons. The van der Waals surface area contributed by atoms with Crippen LogP contribution in [0.25, 0.3) is 10.9 Å². The van der Waals surface area contributed by atoms with E-state index in [-0.39, 0.29) is 6.10 Å². The van der Waals surface area contributed by atoms with Gasteiger partial charge < -0.3 is 19.5 Å². The van der Waals surface area contributed by atoms with Crippen LogP contribution in [0.1, 0.15) is 6.42 Å². The highest BCUT2D eigenvalue weighted by Crippen LogP contribution is 2.38. The zero-order chi connectivity index (χ0) is 25.1. The molecule has 2 unspecified atom stereocenters. The van der Waals surface area contributed by atoms with E-state index in [1.54, 1.807) is 36.6 Å². The fourth-order valence-electron chi connectivity index (χ4n) is 3.99. The van der Waals surface area contributed by atoms with Crippen molar-refractivity contribution in [1.29, 1.82) is 0 Å². The molecule has 2 heterocycles. The molecule has 2 atom stereocenters. The largest absolute Gasteiger partial charge is 0.496 e. The first-order chi connectivity index (χ1) is 17.4. The van der Waals surface area contributed by atoms with Crippen molar-refractivity contribution >= 4 is 37.8 Å². The van der Waals surface area contributed by atoms with Crippen LogP contribution in [-0.2, 0) is 14.5 Å². The quantitative estimate of drug-likeness (QED) is 0.353. The molecule has 36 heavy (non-hydrogen) atoms. The Morgan fingerprint density at radius 3 is 2.69 bits per heavy atom. The molecule has 1 fully saturated rings. The molecule has 10 heteroatoms. The van der Waals surface area contributed by atoms with Crippen LogP contribution in [0.4, 0.5) is 21.6 Å². The molecule has 186 valence electrons. The summed E-state index contributed by atoms with van der Waals surface area (Å²) < 4.78 is 48.8. The Kier molecular flexibility index (Phi) is 6.71. The van der Waals surface area contributed by atoms with Gasteiger partial charge in [-0.2, -0.15) is 4.36 Å². The molecule has 0 amide bonds. The fourth-order valence-corrected chi connectivity index (χ4v) is 5.26. The van der Waals surface area contributed by atoms with Gasteiger partial charge in [0.25, 0.3) is 0 Å². The van der Waals surface area contributed by atoms with Crippen molar-refractivity contribution in [3.05, 3.63) is 72.8 Å². The molecule has 0 saturated carbocycles. The second-order valence-corrected chi connectivity index (χ2v) is 10.6.